The van der Waals surface area contributed by atoms with E-state index in [1.54, 1.807) is 6.07 Å². The fraction of sp³-hybridized carbons (Fsp3) is 0.533. The summed E-state index contributed by atoms with van der Waals surface area (Å²) in [6.45, 7) is 4.14. The molecule has 1 aromatic carbocycles. The fourth-order valence-corrected chi connectivity index (χ4v) is 2.89. The Morgan fingerprint density at radius 1 is 1.32 bits per heavy atom. The zero-order chi connectivity index (χ0) is 13.8. The van der Waals surface area contributed by atoms with E-state index in [1.807, 2.05) is 6.92 Å². The van der Waals surface area contributed by atoms with Crippen molar-refractivity contribution in [2.45, 2.75) is 45.6 Å². The highest BCUT2D eigenvalue weighted by Crippen LogP contribution is 2.24. The summed E-state index contributed by atoms with van der Waals surface area (Å²) in [6.07, 6.45) is 5.01. The summed E-state index contributed by atoms with van der Waals surface area (Å²) < 4.78 is 13.0. The minimum absolute atomic E-state index is 0.220. The molecule has 4 heteroatoms. The quantitative estimate of drug-likeness (QED) is 0.801. The lowest BCUT2D eigenvalue weighted by Crippen LogP contribution is -2.43. The molecule has 0 amide bonds. The molecule has 1 aliphatic rings. The van der Waals surface area contributed by atoms with Crippen LogP contribution in [0.5, 0.6) is 0 Å². The zero-order valence-corrected chi connectivity index (χ0v) is 12.3. The molecule has 0 radical (unpaired) electrons. The molecule has 2 nitrogen and oxygen atoms in total. The Labute approximate surface area is 119 Å². The van der Waals surface area contributed by atoms with Crippen LogP contribution in [0.4, 0.5) is 10.1 Å². The maximum absolute atomic E-state index is 13.0. The Hall–Kier alpha value is -1.16. The normalized spacial score (nSPS) is 22.9. The van der Waals surface area contributed by atoms with Gasteiger partial charge in [0.2, 0.25) is 0 Å². The number of thiocarbonyl (C=S) groups is 1. The van der Waals surface area contributed by atoms with Crippen LogP contribution in [0.25, 0.3) is 0 Å². The third kappa shape index (κ3) is 3.90. The van der Waals surface area contributed by atoms with Gasteiger partial charge >= 0.3 is 0 Å². The lowest BCUT2D eigenvalue weighted by atomic mass is 9.86. The van der Waals surface area contributed by atoms with Crippen LogP contribution < -0.4 is 10.6 Å². The first-order chi connectivity index (χ1) is 9.06. The molecule has 2 atom stereocenters. The van der Waals surface area contributed by atoms with Crippen molar-refractivity contribution in [1.29, 1.82) is 0 Å². The summed E-state index contributed by atoms with van der Waals surface area (Å²) in [5, 5.41) is 7.18. The van der Waals surface area contributed by atoms with Crippen molar-refractivity contribution in [1.82, 2.24) is 5.32 Å². The lowest BCUT2D eigenvalue weighted by Gasteiger charge is -2.30. The van der Waals surface area contributed by atoms with Crippen LogP contribution in [0.2, 0.25) is 0 Å². The van der Waals surface area contributed by atoms with Gasteiger partial charge in [0, 0.05) is 11.7 Å². The minimum Gasteiger partial charge on any atom is -0.359 e. The second-order valence-corrected chi connectivity index (χ2v) is 5.83. The molecule has 0 heterocycles. The van der Waals surface area contributed by atoms with E-state index in [0.717, 1.165) is 11.3 Å². The summed E-state index contributed by atoms with van der Waals surface area (Å²) >= 11 is 5.35. The van der Waals surface area contributed by atoms with Gasteiger partial charge in [-0.2, -0.15) is 0 Å². The summed E-state index contributed by atoms with van der Waals surface area (Å²) in [5.74, 6) is 0.436. The Morgan fingerprint density at radius 2 is 2.05 bits per heavy atom. The van der Waals surface area contributed by atoms with Crippen molar-refractivity contribution >= 4 is 23.0 Å². The average Bonchev–Trinajstić information content (AvgIpc) is 2.36. The van der Waals surface area contributed by atoms with Gasteiger partial charge in [0.1, 0.15) is 5.82 Å². The van der Waals surface area contributed by atoms with Crippen molar-refractivity contribution in [2.75, 3.05) is 5.32 Å². The van der Waals surface area contributed by atoms with Gasteiger partial charge in [-0.15, -0.1) is 0 Å². The number of nitrogens with one attached hydrogen (secondary N) is 2. The molecule has 0 bridgehead atoms. The Kier molecular flexibility index (Phi) is 4.75. The third-order valence-corrected chi connectivity index (χ3v) is 4.08. The zero-order valence-electron chi connectivity index (χ0n) is 11.5. The smallest absolute Gasteiger partial charge is 0.171 e. The van der Waals surface area contributed by atoms with Gasteiger partial charge in [-0.05, 0) is 61.7 Å². The molecule has 0 unspecified atom stereocenters. The number of halogens is 1. The van der Waals surface area contributed by atoms with Gasteiger partial charge in [-0.25, -0.2) is 4.39 Å². The summed E-state index contributed by atoms with van der Waals surface area (Å²) in [5.41, 5.74) is 1.73. The van der Waals surface area contributed by atoms with Gasteiger partial charge in [0.25, 0.3) is 0 Å². The molecule has 104 valence electrons. The van der Waals surface area contributed by atoms with Crippen LogP contribution in [-0.4, -0.2) is 11.2 Å². The Balaban J connectivity index is 1.93. The van der Waals surface area contributed by atoms with Crippen LogP contribution >= 0.6 is 12.2 Å². The first kappa shape index (κ1) is 14.3. The van der Waals surface area contributed by atoms with E-state index in [0.29, 0.717) is 17.1 Å². The number of rotatable bonds is 2. The molecule has 1 aliphatic carbocycles. The SMILES string of the molecule is Cc1cc(F)ccc1NC(=S)N[C@H]1CCCC[C@@H]1C. The van der Waals surface area contributed by atoms with E-state index in [4.69, 9.17) is 12.2 Å². The van der Waals surface area contributed by atoms with Crippen molar-refractivity contribution < 1.29 is 4.39 Å². The summed E-state index contributed by atoms with van der Waals surface area (Å²) in [6, 6.07) is 5.13. The van der Waals surface area contributed by atoms with E-state index in [-0.39, 0.29) is 5.82 Å². The first-order valence-electron chi connectivity index (χ1n) is 6.90. The fourth-order valence-electron chi connectivity index (χ4n) is 2.62. The van der Waals surface area contributed by atoms with Crippen LogP contribution in [0.15, 0.2) is 18.2 Å². The number of hydrogen-bond acceptors (Lipinski definition) is 1. The number of hydrogen-bond donors (Lipinski definition) is 2. The minimum atomic E-state index is -0.220. The predicted octanol–water partition coefficient (Wildman–Crippen LogP) is 4.00. The monoisotopic (exact) mass is 280 g/mol. The van der Waals surface area contributed by atoms with Gasteiger partial charge < -0.3 is 10.6 Å². The van der Waals surface area contributed by atoms with Crippen molar-refractivity contribution in [3.8, 4) is 0 Å². The summed E-state index contributed by atoms with van der Waals surface area (Å²) in [4.78, 5) is 0. The highest BCUT2D eigenvalue weighted by molar-refractivity contribution is 7.80. The maximum atomic E-state index is 13.0. The van der Waals surface area contributed by atoms with Crippen molar-refractivity contribution in [2.24, 2.45) is 5.92 Å². The standard InChI is InChI=1S/C15H21FN2S/c1-10-5-3-4-6-13(10)17-15(19)18-14-8-7-12(16)9-11(14)2/h7-10,13H,3-6H2,1-2H3,(H2,17,18,19)/t10-,13-/m0/s1. The van der Waals surface area contributed by atoms with Gasteiger partial charge in [0.05, 0.1) is 0 Å². The second-order valence-electron chi connectivity index (χ2n) is 5.43. The van der Waals surface area contributed by atoms with Crippen LogP contribution in [-0.2, 0) is 0 Å². The maximum Gasteiger partial charge on any atom is 0.171 e. The van der Waals surface area contributed by atoms with E-state index < -0.39 is 0 Å². The molecule has 1 aromatic rings. The average molecular weight is 280 g/mol. The molecular formula is C15H21FN2S. The number of aryl methyl sites for hydroxylation is 1. The van der Waals surface area contributed by atoms with E-state index >= 15 is 0 Å². The Bertz CT molecular complexity index is 461. The van der Waals surface area contributed by atoms with Gasteiger partial charge in [-0.3, -0.25) is 0 Å². The molecule has 2 rings (SSSR count). The second kappa shape index (κ2) is 6.33. The largest absolute Gasteiger partial charge is 0.359 e. The first-order valence-corrected chi connectivity index (χ1v) is 7.31. The third-order valence-electron chi connectivity index (χ3n) is 3.86. The van der Waals surface area contributed by atoms with E-state index in [1.165, 1.54) is 37.8 Å². The molecule has 1 saturated carbocycles. The van der Waals surface area contributed by atoms with Crippen molar-refractivity contribution in [3.05, 3.63) is 29.6 Å². The summed E-state index contributed by atoms with van der Waals surface area (Å²) in [7, 11) is 0. The molecule has 2 N–H and O–H groups in total. The molecule has 19 heavy (non-hydrogen) atoms. The number of anilines is 1. The molecule has 1 fully saturated rings. The van der Waals surface area contributed by atoms with Crippen LogP contribution in [0.1, 0.15) is 38.2 Å². The molecule has 0 spiro atoms. The number of benzene rings is 1. The van der Waals surface area contributed by atoms with E-state index in [2.05, 4.69) is 17.6 Å². The predicted molar refractivity (Wildman–Crippen MR) is 81.9 cm³/mol. The molecule has 0 saturated heterocycles. The van der Waals surface area contributed by atoms with E-state index in [9.17, 15) is 4.39 Å². The van der Waals surface area contributed by atoms with Crippen LogP contribution in [0.3, 0.4) is 0 Å². The highest BCUT2D eigenvalue weighted by atomic mass is 32.1. The topological polar surface area (TPSA) is 24.1 Å². The molecule has 0 aliphatic heterocycles. The van der Waals surface area contributed by atoms with Gasteiger partial charge in [0.15, 0.2) is 5.11 Å². The Morgan fingerprint density at radius 3 is 2.74 bits per heavy atom. The molecule has 0 aromatic heterocycles. The highest BCUT2D eigenvalue weighted by Gasteiger charge is 2.21. The van der Waals surface area contributed by atoms with Crippen LogP contribution in [0, 0.1) is 18.7 Å². The molecular weight excluding hydrogens is 259 g/mol. The van der Waals surface area contributed by atoms with Gasteiger partial charge in [-0.1, -0.05) is 19.8 Å². The van der Waals surface area contributed by atoms with Crippen molar-refractivity contribution in [3.63, 3.8) is 0 Å². The lowest BCUT2D eigenvalue weighted by molar-refractivity contribution is 0.309.